The van der Waals surface area contributed by atoms with Crippen LogP contribution in [-0.2, 0) is 6.54 Å². The minimum atomic E-state index is -0.312. The van der Waals surface area contributed by atoms with E-state index in [9.17, 15) is 9.18 Å². The molecular formula is C21H22FN5O. The molecule has 1 aliphatic carbocycles. The van der Waals surface area contributed by atoms with Gasteiger partial charge in [-0.2, -0.15) is 0 Å². The van der Waals surface area contributed by atoms with Gasteiger partial charge in [0.05, 0.1) is 17.2 Å². The van der Waals surface area contributed by atoms with Gasteiger partial charge in [0.2, 0.25) is 0 Å². The summed E-state index contributed by atoms with van der Waals surface area (Å²) in [6, 6.07) is 7.16. The van der Waals surface area contributed by atoms with Crippen LogP contribution < -0.4 is 10.5 Å². The Morgan fingerprint density at radius 3 is 2.61 bits per heavy atom. The first-order valence-corrected chi connectivity index (χ1v) is 9.76. The highest BCUT2D eigenvalue weighted by Crippen LogP contribution is 2.38. The summed E-state index contributed by atoms with van der Waals surface area (Å²) in [5, 5.41) is 0. The fraction of sp³-hybridized carbons (Fsp3) is 0.381. The molecular weight excluding hydrogens is 357 g/mol. The molecule has 1 saturated carbocycles. The van der Waals surface area contributed by atoms with Gasteiger partial charge in [-0.1, -0.05) is 0 Å². The van der Waals surface area contributed by atoms with Crippen molar-refractivity contribution in [2.45, 2.75) is 25.3 Å². The van der Waals surface area contributed by atoms with Crippen molar-refractivity contribution in [2.24, 2.45) is 0 Å². The second-order valence-corrected chi connectivity index (χ2v) is 7.70. The second-order valence-electron chi connectivity index (χ2n) is 7.70. The summed E-state index contributed by atoms with van der Waals surface area (Å²) < 4.78 is 13.0. The summed E-state index contributed by atoms with van der Waals surface area (Å²) in [7, 11) is 0. The van der Waals surface area contributed by atoms with Crippen molar-refractivity contribution >= 4 is 16.9 Å². The number of halogens is 1. The van der Waals surface area contributed by atoms with Crippen molar-refractivity contribution in [3.8, 4) is 0 Å². The second kappa shape index (κ2) is 6.98. The van der Waals surface area contributed by atoms with Gasteiger partial charge in [0.15, 0.2) is 0 Å². The van der Waals surface area contributed by atoms with Crippen LogP contribution in [0.1, 0.15) is 29.9 Å². The highest BCUT2D eigenvalue weighted by atomic mass is 19.1. The number of hydrogen-bond acceptors (Lipinski definition) is 5. The third kappa shape index (κ3) is 3.49. The van der Waals surface area contributed by atoms with E-state index in [4.69, 9.17) is 0 Å². The van der Waals surface area contributed by atoms with E-state index in [1.165, 1.54) is 12.3 Å². The number of aromatic nitrogens is 3. The summed E-state index contributed by atoms with van der Waals surface area (Å²) >= 11 is 0. The van der Waals surface area contributed by atoms with Gasteiger partial charge in [0.1, 0.15) is 11.6 Å². The SMILES string of the molecule is O=c1[nH]c2cc(CN3CCN(c4ccc(F)cn4)CC3)cnc2cc1C1CC1. The normalized spacial score (nSPS) is 18.0. The summed E-state index contributed by atoms with van der Waals surface area (Å²) in [5.41, 5.74) is 3.65. The van der Waals surface area contributed by atoms with E-state index in [0.29, 0.717) is 5.92 Å². The van der Waals surface area contributed by atoms with E-state index in [-0.39, 0.29) is 11.4 Å². The molecule has 1 N–H and O–H groups in total. The van der Waals surface area contributed by atoms with Gasteiger partial charge < -0.3 is 9.88 Å². The molecule has 28 heavy (non-hydrogen) atoms. The van der Waals surface area contributed by atoms with Gasteiger partial charge in [-0.3, -0.25) is 14.7 Å². The van der Waals surface area contributed by atoms with Crippen LogP contribution >= 0.6 is 0 Å². The molecule has 7 heteroatoms. The highest BCUT2D eigenvalue weighted by Gasteiger charge is 2.26. The van der Waals surface area contributed by atoms with Crippen LogP contribution in [0.2, 0.25) is 0 Å². The molecule has 0 atom stereocenters. The molecule has 6 nitrogen and oxygen atoms in total. The molecule has 2 fully saturated rings. The zero-order valence-corrected chi connectivity index (χ0v) is 15.6. The van der Waals surface area contributed by atoms with Gasteiger partial charge in [-0.05, 0) is 48.6 Å². The quantitative estimate of drug-likeness (QED) is 0.755. The van der Waals surface area contributed by atoms with Crippen LogP contribution in [0.5, 0.6) is 0 Å². The van der Waals surface area contributed by atoms with E-state index in [2.05, 4.69) is 24.8 Å². The topological polar surface area (TPSA) is 65.1 Å². The molecule has 0 amide bonds. The summed E-state index contributed by atoms with van der Waals surface area (Å²) in [6.45, 7) is 4.28. The Morgan fingerprint density at radius 1 is 1.07 bits per heavy atom. The van der Waals surface area contributed by atoms with Crippen LogP contribution in [0.3, 0.4) is 0 Å². The predicted molar refractivity (Wildman–Crippen MR) is 106 cm³/mol. The predicted octanol–water partition coefficient (Wildman–Crippen LogP) is 2.66. The summed E-state index contributed by atoms with van der Waals surface area (Å²) in [4.78, 5) is 28.6. The highest BCUT2D eigenvalue weighted by molar-refractivity contribution is 5.75. The number of nitrogens with zero attached hydrogens (tertiary/aromatic N) is 4. The van der Waals surface area contributed by atoms with Gasteiger partial charge in [0.25, 0.3) is 5.56 Å². The number of rotatable bonds is 4. The van der Waals surface area contributed by atoms with Crippen molar-refractivity contribution in [3.63, 3.8) is 0 Å². The zero-order valence-electron chi connectivity index (χ0n) is 15.6. The molecule has 4 heterocycles. The van der Waals surface area contributed by atoms with Crippen molar-refractivity contribution in [2.75, 3.05) is 31.1 Å². The van der Waals surface area contributed by atoms with Gasteiger partial charge in [0, 0.05) is 44.5 Å². The first-order valence-electron chi connectivity index (χ1n) is 9.76. The number of pyridine rings is 3. The average Bonchev–Trinajstić information content (AvgIpc) is 3.54. The van der Waals surface area contributed by atoms with Crippen LogP contribution in [0.4, 0.5) is 10.2 Å². The number of aromatic amines is 1. The van der Waals surface area contributed by atoms with Crippen LogP contribution in [0.25, 0.3) is 11.0 Å². The number of anilines is 1. The maximum Gasteiger partial charge on any atom is 0.252 e. The number of piperazine rings is 1. The fourth-order valence-corrected chi connectivity index (χ4v) is 3.87. The van der Waals surface area contributed by atoms with Crippen molar-refractivity contribution < 1.29 is 4.39 Å². The molecule has 0 bridgehead atoms. The average molecular weight is 379 g/mol. The number of H-pyrrole nitrogens is 1. The Kier molecular flexibility index (Phi) is 4.31. The molecule has 3 aromatic rings. The first kappa shape index (κ1) is 17.3. The van der Waals surface area contributed by atoms with Crippen molar-refractivity contribution in [1.82, 2.24) is 19.9 Å². The van der Waals surface area contributed by atoms with E-state index in [1.807, 2.05) is 18.3 Å². The lowest BCUT2D eigenvalue weighted by Gasteiger charge is -2.35. The summed E-state index contributed by atoms with van der Waals surface area (Å²) in [5.74, 6) is 0.924. The Labute approximate surface area is 162 Å². The molecule has 0 spiro atoms. The molecule has 1 saturated heterocycles. The first-order chi connectivity index (χ1) is 13.7. The van der Waals surface area contributed by atoms with Gasteiger partial charge in [-0.25, -0.2) is 9.37 Å². The molecule has 0 radical (unpaired) electrons. The molecule has 3 aromatic heterocycles. The Hall–Kier alpha value is -2.80. The maximum absolute atomic E-state index is 13.0. The van der Waals surface area contributed by atoms with Crippen molar-refractivity contribution in [1.29, 1.82) is 0 Å². The van der Waals surface area contributed by atoms with E-state index in [0.717, 1.165) is 73.5 Å². The fourth-order valence-electron chi connectivity index (χ4n) is 3.87. The lowest BCUT2D eigenvalue weighted by atomic mass is 10.1. The molecule has 2 aliphatic rings. The molecule has 1 aliphatic heterocycles. The Balaban J connectivity index is 1.26. The van der Waals surface area contributed by atoms with Crippen LogP contribution in [0.15, 0.2) is 41.5 Å². The van der Waals surface area contributed by atoms with E-state index >= 15 is 0 Å². The third-order valence-corrected chi connectivity index (χ3v) is 5.61. The van der Waals surface area contributed by atoms with Gasteiger partial charge in [-0.15, -0.1) is 0 Å². The maximum atomic E-state index is 13.0. The van der Waals surface area contributed by atoms with Crippen LogP contribution in [-0.4, -0.2) is 46.0 Å². The lowest BCUT2D eigenvalue weighted by Crippen LogP contribution is -2.46. The van der Waals surface area contributed by atoms with Crippen LogP contribution in [0, 0.1) is 5.82 Å². The number of hydrogen-bond donors (Lipinski definition) is 1. The third-order valence-electron chi connectivity index (χ3n) is 5.61. The number of fused-ring (bicyclic) bond motifs is 1. The lowest BCUT2D eigenvalue weighted by molar-refractivity contribution is 0.249. The molecule has 5 rings (SSSR count). The standard InChI is InChI=1S/C21H22FN5O/c22-16-3-4-20(24-12-16)27-7-5-26(6-8-27)13-14-9-19-18(23-11-14)10-17(15-1-2-15)21(28)25-19/h3-4,9-12,15H,1-2,5-8,13H2,(H,25,28). The van der Waals surface area contributed by atoms with Gasteiger partial charge >= 0.3 is 0 Å². The minimum absolute atomic E-state index is 0.0226. The van der Waals surface area contributed by atoms with Crippen molar-refractivity contribution in [3.05, 3.63) is 64.0 Å². The smallest absolute Gasteiger partial charge is 0.252 e. The molecule has 0 unspecified atom stereocenters. The molecule has 144 valence electrons. The van der Waals surface area contributed by atoms with E-state index in [1.54, 1.807) is 6.07 Å². The Morgan fingerprint density at radius 2 is 1.89 bits per heavy atom. The number of nitrogens with one attached hydrogen (secondary N) is 1. The zero-order chi connectivity index (χ0) is 19.1. The molecule has 0 aromatic carbocycles. The minimum Gasteiger partial charge on any atom is -0.354 e. The largest absolute Gasteiger partial charge is 0.354 e. The van der Waals surface area contributed by atoms with E-state index < -0.39 is 0 Å². The Bertz CT molecular complexity index is 1050. The summed E-state index contributed by atoms with van der Waals surface area (Å²) in [6.07, 6.45) is 5.38. The monoisotopic (exact) mass is 379 g/mol.